The standard InChI is InChI=1S/C28H34N2O5/c1-17(31)18-8-10-20(11-9-18)29-25(32)16-30-13-12-23-19(15-30)14-22-26(34-23)21-6-5-7-24(33-4)27(21)35-28(22,2)3/h5-11,19,22-23,26H,12-16H2,1-4H3,(H,29,32)/t19-,22+,23+,26-/m0/s1. The van der Waals surface area contributed by atoms with Crippen LogP contribution in [-0.4, -0.2) is 55.0 Å². The van der Waals surface area contributed by atoms with Gasteiger partial charge < -0.3 is 19.5 Å². The fourth-order valence-corrected chi connectivity index (χ4v) is 5.86. The van der Waals surface area contributed by atoms with Gasteiger partial charge in [0, 0.05) is 35.8 Å². The van der Waals surface area contributed by atoms with Crippen molar-refractivity contribution in [3.8, 4) is 11.5 Å². The third-order valence-electron chi connectivity index (χ3n) is 7.73. The van der Waals surface area contributed by atoms with Gasteiger partial charge in [-0.2, -0.15) is 0 Å². The molecule has 3 aliphatic heterocycles. The van der Waals surface area contributed by atoms with E-state index >= 15 is 0 Å². The molecule has 2 aromatic carbocycles. The molecule has 35 heavy (non-hydrogen) atoms. The minimum absolute atomic E-state index is 0.0110. The number of carbonyl (C=O) groups excluding carboxylic acids is 2. The average molecular weight is 479 g/mol. The number of ether oxygens (including phenoxy) is 3. The number of Topliss-reactive ketones (excluding diaryl/α,β-unsaturated/α-hetero) is 1. The molecule has 7 nitrogen and oxygen atoms in total. The summed E-state index contributed by atoms with van der Waals surface area (Å²) >= 11 is 0. The Labute approximate surface area is 206 Å². The lowest BCUT2D eigenvalue weighted by Gasteiger charge is -2.53. The second-order valence-electron chi connectivity index (χ2n) is 10.5. The van der Waals surface area contributed by atoms with Gasteiger partial charge in [-0.25, -0.2) is 0 Å². The minimum atomic E-state index is -0.386. The molecule has 3 heterocycles. The van der Waals surface area contributed by atoms with Gasteiger partial charge >= 0.3 is 0 Å². The number of likely N-dealkylation sites (tertiary alicyclic amines) is 1. The van der Waals surface area contributed by atoms with E-state index in [2.05, 4.69) is 30.1 Å². The van der Waals surface area contributed by atoms with E-state index in [0.717, 1.165) is 43.0 Å². The number of anilines is 1. The Morgan fingerprint density at radius 2 is 1.94 bits per heavy atom. The number of nitrogens with zero attached hydrogens (tertiary/aromatic N) is 1. The lowest BCUT2D eigenvalue weighted by Crippen LogP contribution is -2.55. The first kappa shape index (κ1) is 23.8. The number of hydrogen-bond donors (Lipinski definition) is 1. The highest BCUT2D eigenvalue weighted by atomic mass is 16.5. The SMILES string of the molecule is COc1cccc2c1OC(C)(C)[C@@H]1C[C@H]3CN(CC(=O)Nc4ccc(C(C)=O)cc4)CC[C@H]3O[C@@H]21. The van der Waals surface area contributed by atoms with Crippen LogP contribution in [0.3, 0.4) is 0 Å². The van der Waals surface area contributed by atoms with E-state index in [-0.39, 0.29) is 35.4 Å². The number of amides is 1. The summed E-state index contributed by atoms with van der Waals surface area (Å²) in [7, 11) is 1.67. The number of benzene rings is 2. The molecule has 0 aromatic heterocycles. The van der Waals surface area contributed by atoms with Gasteiger partial charge in [0.2, 0.25) is 5.91 Å². The van der Waals surface area contributed by atoms with Gasteiger partial charge in [-0.1, -0.05) is 12.1 Å². The zero-order valence-corrected chi connectivity index (χ0v) is 20.9. The molecule has 0 bridgehead atoms. The first-order valence-electron chi connectivity index (χ1n) is 12.4. The smallest absolute Gasteiger partial charge is 0.238 e. The molecule has 4 atom stereocenters. The first-order chi connectivity index (χ1) is 16.7. The molecular weight excluding hydrogens is 444 g/mol. The van der Waals surface area contributed by atoms with E-state index in [1.54, 1.807) is 31.4 Å². The van der Waals surface area contributed by atoms with Crippen LogP contribution in [0.4, 0.5) is 5.69 Å². The zero-order valence-electron chi connectivity index (χ0n) is 20.9. The fraction of sp³-hybridized carbons (Fsp3) is 0.500. The van der Waals surface area contributed by atoms with Gasteiger partial charge in [0.25, 0.3) is 0 Å². The summed E-state index contributed by atoms with van der Waals surface area (Å²) in [6.45, 7) is 7.78. The van der Waals surface area contributed by atoms with Crippen molar-refractivity contribution >= 4 is 17.4 Å². The fourth-order valence-electron chi connectivity index (χ4n) is 5.86. The maximum Gasteiger partial charge on any atom is 0.238 e. The number of fused-ring (bicyclic) bond motifs is 4. The molecule has 0 aliphatic carbocycles. The Morgan fingerprint density at radius 1 is 1.17 bits per heavy atom. The maximum absolute atomic E-state index is 12.7. The summed E-state index contributed by atoms with van der Waals surface area (Å²) in [4.78, 5) is 26.4. The van der Waals surface area contributed by atoms with E-state index in [9.17, 15) is 9.59 Å². The Kier molecular flexibility index (Phi) is 6.32. The van der Waals surface area contributed by atoms with Gasteiger partial charge in [-0.05, 0) is 69.9 Å². The van der Waals surface area contributed by atoms with E-state index < -0.39 is 0 Å². The van der Waals surface area contributed by atoms with Crippen LogP contribution >= 0.6 is 0 Å². The molecule has 1 N–H and O–H groups in total. The maximum atomic E-state index is 12.7. The Bertz CT molecular complexity index is 1110. The highest BCUT2D eigenvalue weighted by Gasteiger charge is 2.52. The van der Waals surface area contributed by atoms with Gasteiger partial charge in [0.05, 0.1) is 25.9 Å². The molecular formula is C28H34N2O5. The molecule has 2 aromatic rings. The van der Waals surface area contributed by atoms with Crippen molar-refractivity contribution in [3.63, 3.8) is 0 Å². The molecule has 186 valence electrons. The quantitative estimate of drug-likeness (QED) is 0.639. The van der Waals surface area contributed by atoms with Crippen molar-refractivity contribution in [2.24, 2.45) is 11.8 Å². The highest BCUT2D eigenvalue weighted by Crippen LogP contribution is 2.55. The Morgan fingerprint density at radius 3 is 2.66 bits per heavy atom. The number of nitrogens with one attached hydrogen (secondary N) is 1. The minimum Gasteiger partial charge on any atom is -0.493 e. The summed E-state index contributed by atoms with van der Waals surface area (Å²) in [5.41, 5.74) is 2.03. The van der Waals surface area contributed by atoms with Crippen LogP contribution in [0.1, 0.15) is 55.6 Å². The van der Waals surface area contributed by atoms with Crippen LogP contribution in [0.5, 0.6) is 11.5 Å². The van der Waals surface area contributed by atoms with Gasteiger partial charge in [0.1, 0.15) is 5.60 Å². The molecule has 0 radical (unpaired) electrons. The van der Waals surface area contributed by atoms with E-state index in [1.165, 1.54) is 6.92 Å². The van der Waals surface area contributed by atoms with Crippen molar-refractivity contribution in [2.75, 3.05) is 32.1 Å². The number of hydrogen-bond acceptors (Lipinski definition) is 6. The van der Waals surface area contributed by atoms with Gasteiger partial charge in [-0.3, -0.25) is 14.5 Å². The topological polar surface area (TPSA) is 77.1 Å². The van der Waals surface area contributed by atoms with Crippen LogP contribution < -0.4 is 14.8 Å². The highest BCUT2D eigenvalue weighted by molar-refractivity contribution is 5.96. The van der Waals surface area contributed by atoms with Crippen molar-refractivity contribution in [3.05, 3.63) is 53.6 Å². The van der Waals surface area contributed by atoms with Crippen LogP contribution in [0.15, 0.2) is 42.5 Å². The van der Waals surface area contributed by atoms with E-state index in [4.69, 9.17) is 14.2 Å². The van der Waals surface area contributed by atoms with Gasteiger partial charge in [-0.15, -0.1) is 0 Å². The summed E-state index contributed by atoms with van der Waals surface area (Å²) in [5, 5.41) is 2.95. The molecule has 0 unspecified atom stereocenters. The second kappa shape index (κ2) is 9.28. The third-order valence-corrected chi connectivity index (χ3v) is 7.73. The second-order valence-corrected chi connectivity index (χ2v) is 10.5. The molecule has 7 heteroatoms. The van der Waals surface area contributed by atoms with E-state index in [0.29, 0.717) is 23.7 Å². The lowest BCUT2D eigenvalue weighted by atomic mass is 9.70. The summed E-state index contributed by atoms with van der Waals surface area (Å²) in [6.07, 6.45) is 2.04. The molecule has 5 rings (SSSR count). The van der Waals surface area contributed by atoms with Crippen molar-refractivity contribution < 1.29 is 23.8 Å². The third kappa shape index (κ3) is 4.67. The predicted octanol–water partition coefficient (Wildman–Crippen LogP) is 4.48. The normalized spacial score (nSPS) is 27.0. The van der Waals surface area contributed by atoms with Crippen LogP contribution in [-0.2, 0) is 9.53 Å². The molecule has 0 saturated carbocycles. The number of para-hydroxylation sites is 1. The molecule has 3 aliphatic rings. The Balaban J connectivity index is 1.24. The van der Waals surface area contributed by atoms with Gasteiger partial charge in [0.15, 0.2) is 17.3 Å². The largest absolute Gasteiger partial charge is 0.493 e. The van der Waals surface area contributed by atoms with Crippen molar-refractivity contribution in [2.45, 2.75) is 51.4 Å². The lowest BCUT2D eigenvalue weighted by molar-refractivity contribution is -0.187. The Hall–Kier alpha value is -2.90. The van der Waals surface area contributed by atoms with Crippen molar-refractivity contribution in [1.29, 1.82) is 0 Å². The number of carbonyl (C=O) groups is 2. The summed E-state index contributed by atoms with van der Waals surface area (Å²) in [5.74, 6) is 2.08. The number of methoxy groups -OCH3 is 1. The summed E-state index contributed by atoms with van der Waals surface area (Å²) < 4.78 is 18.8. The average Bonchev–Trinajstić information content (AvgIpc) is 2.83. The van der Waals surface area contributed by atoms with Crippen molar-refractivity contribution in [1.82, 2.24) is 4.90 Å². The molecule has 0 spiro atoms. The van der Waals surface area contributed by atoms with Crippen LogP contribution in [0, 0.1) is 11.8 Å². The number of rotatable bonds is 5. The molecule has 1 amide bonds. The number of ketones is 1. The van der Waals surface area contributed by atoms with E-state index in [1.807, 2.05) is 12.1 Å². The van der Waals surface area contributed by atoms with Crippen LogP contribution in [0.25, 0.3) is 0 Å². The monoisotopic (exact) mass is 478 g/mol. The van der Waals surface area contributed by atoms with Crippen LogP contribution in [0.2, 0.25) is 0 Å². The zero-order chi connectivity index (χ0) is 24.7. The predicted molar refractivity (Wildman–Crippen MR) is 133 cm³/mol. The first-order valence-corrected chi connectivity index (χ1v) is 12.4. The molecule has 2 fully saturated rings. The molecule has 2 saturated heterocycles. The number of piperidine rings is 1. The summed E-state index contributed by atoms with van der Waals surface area (Å²) in [6, 6.07) is 13.0.